The molecule has 2 rings (SSSR count). The van der Waals surface area contributed by atoms with Crippen LogP contribution in [0.4, 0.5) is 0 Å². The van der Waals surface area contributed by atoms with Crippen LogP contribution < -0.4 is 0 Å². The van der Waals surface area contributed by atoms with Gasteiger partial charge in [-0.3, -0.25) is 0 Å². The standard InChI is InChI=1S/C14H16O/c1-12-4-6-13(7-5-12)8-11-14(15)9-2-3-10-14/h4-7,15H,2-3,9-10H2,1H3. The van der Waals surface area contributed by atoms with Gasteiger partial charge in [0.2, 0.25) is 0 Å². The van der Waals surface area contributed by atoms with Crippen molar-refractivity contribution in [1.82, 2.24) is 0 Å². The predicted octanol–water partition coefficient (Wildman–Crippen LogP) is 2.65. The van der Waals surface area contributed by atoms with E-state index in [0.29, 0.717) is 0 Å². The Morgan fingerprint density at radius 3 is 2.33 bits per heavy atom. The van der Waals surface area contributed by atoms with Gasteiger partial charge in [-0.15, -0.1) is 0 Å². The first kappa shape index (κ1) is 10.3. The van der Waals surface area contributed by atoms with Crippen molar-refractivity contribution in [1.29, 1.82) is 0 Å². The molecule has 78 valence electrons. The summed E-state index contributed by atoms with van der Waals surface area (Å²) >= 11 is 0. The zero-order chi connectivity index (χ0) is 10.7. The average molecular weight is 200 g/mol. The van der Waals surface area contributed by atoms with Gasteiger partial charge < -0.3 is 5.11 Å². The Hall–Kier alpha value is -1.26. The Morgan fingerprint density at radius 1 is 1.13 bits per heavy atom. The molecule has 1 aromatic rings. The van der Waals surface area contributed by atoms with E-state index in [1.165, 1.54) is 5.56 Å². The average Bonchev–Trinajstić information content (AvgIpc) is 2.65. The molecule has 0 bridgehead atoms. The van der Waals surface area contributed by atoms with Gasteiger partial charge in [0.1, 0.15) is 5.60 Å². The molecule has 0 spiro atoms. The molecule has 1 heteroatoms. The normalized spacial score (nSPS) is 18.3. The third-order valence-electron chi connectivity index (χ3n) is 2.92. The number of rotatable bonds is 0. The van der Waals surface area contributed by atoms with Crippen LogP contribution in [0.1, 0.15) is 36.8 Å². The van der Waals surface area contributed by atoms with E-state index in [9.17, 15) is 5.11 Å². The van der Waals surface area contributed by atoms with Crippen molar-refractivity contribution in [2.45, 2.75) is 38.2 Å². The largest absolute Gasteiger partial charge is 0.378 e. The molecule has 0 atom stereocenters. The fourth-order valence-electron chi connectivity index (χ4n) is 1.91. The Morgan fingerprint density at radius 2 is 1.73 bits per heavy atom. The topological polar surface area (TPSA) is 20.2 Å². The van der Waals surface area contributed by atoms with Crippen LogP contribution in [0.5, 0.6) is 0 Å². The van der Waals surface area contributed by atoms with E-state index < -0.39 is 5.60 Å². The highest BCUT2D eigenvalue weighted by Gasteiger charge is 2.28. The summed E-state index contributed by atoms with van der Waals surface area (Å²) < 4.78 is 0. The molecular formula is C14H16O. The van der Waals surface area contributed by atoms with Crippen LogP contribution in [0, 0.1) is 18.8 Å². The van der Waals surface area contributed by atoms with Crippen LogP contribution in [0.2, 0.25) is 0 Å². The third kappa shape index (κ3) is 2.61. The lowest BCUT2D eigenvalue weighted by molar-refractivity contribution is 0.110. The number of hydrogen-bond acceptors (Lipinski definition) is 1. The quantitative estimate of drug-likeness (QED) is 0.638. The molecule has 1 aromatic carbocycles. The van der Waals surface area contributed by atoms with Crippen LogP contribution in [0.15, 0.2) is 24.3 Å². The number of aryl methyl sites for hydroxylation is 1. The smallest absolute Gasteiger partial charge is 0.125 e. The lowest BCUT2D eigenvalue weighted by atomic mass is 10.0. The van der Waals surface area contributed by atoms with Crippen LogP contribution in [0.3, 0.4) is 0 Å². The maximum Gasteiger partial charge on any atom is 0.125 e. The second-order valence-corrected chi connectivity index (χ2v) is 4.35. The van der Waals surface area contributed by atoms with Crippen molar-refractivity contribution in [3.05, 3.63) is 35.4 Å². The third-order valence-corrected chi connectivity index (χ3v) is 2.92. The van der Waals surface area contributed by atoms with Gasteiger partial charge in [-0.05, 0) is 44.7 Å². The second-order valence-electron chi connectivity index (χ2n) is 4.35. The summed E-state index contributed by atoms with van der Waals surface area (Å²) in [5.74, 6) is 6.05. The SMILES string of the molecule is Cc1ccc(C#CC2(O)CCCC2)cc1. The molecule has 0 aromatic heterocycles. The highest BCUT2D eigenvalue weighted by molar-refractivity contribution is 5.37. The molecule has 0 unspecified atom stereocenters. The molecule has 0 heterocycles. The van der Waals surface area contributed by atoms with E-state index >= 15 is 0 Å². The first-order chi connectivity index (χ1) is 7.18. The van der Waals surface area contributed by atoms with Crippen molar-refractivity contribution in [3.63, 3.8) is 0 Å². The maximum absolute atomic E-state index is 10.0. The van der Waals surface area contributed by atoms with Crippen molar-refractivity contribution < 1.29 is 5.11 Å². The Kier molecular flexibility index (Phi) is 2.79. The van der Waals surface area contributed by atoms with Crippen molar-refractivity contribution >= 4 is 0 Å². The van der Waals surface area contributed by atoms with Gasteiger partial charge in [-0.2, -0.15) is 0 Å². The molecule has 1 aliphatic carbocycles. The Balaban J connectivity index is 2.14. The molecule has 1 aliphatic rings. The van der Waals surface area contributed by atoms with Gasteiger partial charge in [-0.1, -0.05) is 29.5 Å². The summed E-state index contributed by atoms with van der Waals surface area (Å²) in [5, 5.41) is 10.0. The molecule has 1 nitrogen and oxygen atoms in total. The molecular weight excluding hydrogens is 184 g/mol. The minimum Gasteiger partial charge on any atom is -0.378 e. The number of hydrogen-bond donors (Lipinski definition) is 1. The van der Waals surface area contributed by atoms with E-state index in [1.807, 2.05) is 24.3 Å². The van der Waals surface area contributed by atoms with Crippen molar-refractivity contribution in [3.8, 4) is 11.8 Å². The molecule has 0 saturated heterocycles. The Bertz CT molecular complexity index is 386. The molecule has 15 heavy (non-hydrogen) atoms. The lowest BCUT2D eigenvalue weighted by Gasteiger charge is -2.12. The van der Waals surface area contributed by atoms with E-state index in [1.54, 1.807) is 0 Å². The first-order valence-electron chi connectivity index (χ1n) is 5.50. The highest BCUT2D eigenvalue weighted by Crippen LogP contribution is 2.28. The lowest BCUT2D eigenvalue weighted by Crippen LogP contribution is -2.20. The van der Waals surface area contributed by atoms with Crippen LogP contribution >= 0.6 is 0 Å². The summed E-state index contributed by atoms with van der Waals surface area (Å²) in [5.41, 5.74) is 1.51. The van der Waals surface area contributed by atoms with E-state index in [0.717, 1.165) is 31.2 Å². The van der Waals surface area contributed by atoms with Crippen molar-refractivity contribution in [2.24, 2.45) is 0 Å². The first-order valence-corrected chi connectivity index (χ1v) is 5.50. The van der Waals surface area contributed by atoms with Crippen LogP contribution in [-0.2, 0) is 0 Å². The van der Waals surface area contributed by atoms with E-state index in [2.05, 4.69) is 18.8 Å². The van der Waals surface area contributed by atoms with Gasteiger partial charge in [0, 0.05) is 5.56 Å². The van der Waals surface area contributed by atoms with E-state index in [-0.39, 0.29) is 0 Å². The summed E-state index contributed by atoms with van der Waals surface area (Å²) in [6.07, 6.45) is 3.84. The summed E-state index contributed by atoms with van der Waals surface area (Å²) in [4.78, 5) is 0. The second kappa shape index (κ2) is 4.08. The van der Waals surface area contributed by atoms with E-state index in [4.69, 9.17) is 0 Å². The fraction of sp³-hybridized carbons (Fsp3) is 0.429. The van der Waals surface area contributed by atoms with Gasteiger partial charge in [0.15, 0.2) is 0 Å². The molecule has 1 saturated carbocycles. The highest BCUT2D eigenvalue weighted by atomic mass is 16.3. The van der Waals surface area contributed by atoms with Gasteiger partial charge in [0.25, 0.3) is 0 Å². The van der Waals surface area contributed by atoms with Gasteiger partial charge >= 0.3 is 0 Å². The fourth-order valence-corrected chi connectivity index (χ4v) is 1.91. The minimum absolute atomic E-state index is 0.717. The zero-order valence-corrected chi connectivity index (χ0v) is 9.09. The summed E-state index contributed by atoms with van der Waals surface area (Å²) in [7, 11) is 0. The summed E-state index contributed by atoms with van der Waals surface area (Å²) in [6, 6.07) is 8.09. The molecule has 1 N–H and O–H groups in total. The van der Waals surface area contributed by atoms with Crippen molar-refractivity contribution in [2.75, 3.05) is 0 Å². The maximum atomic E-state index is 10.0. The molecule has 0 radical (unpaired) electrons. The number of benzene rings is 1. The predicted molar refractivity (Wildman–Crippen MR) is 61.5 cm³/mol. The van der Waals surface area contributed by atoms with Gasteiger partial charge in [0.05, 0.1) is 0 Å². The molecule has 1 fully saturated rings. The minimum atomic E-state index is -0.717. The van der Waals surface area contributed by atoms with Crippen LogP contribution in [0.25, 0.3) is 0 Å². The molecule has 0 amide bonds. The summed E-state index contributed by atoms with van der Waals surface area (Å²) in [6.45, 7) is 2.06. The Labute approximate surface area is 91.1 Å². The molecule has 0 aliphatic heterocycles. The van der Waals surface area contributed by atoms with Crippen LogP contribution in [-0.4, -0.2) is 10.7 Å². The van der Waals surface area contributed by atoms with Gasteiger partial charge in [-0.25, -0.2) is 0 Å². The number of aliphatic hydroxyl groups is 1. The zero-order valence-electron chi connectivity index (χ0n) is 9.09. The monoisotopic (exact) mass is 200 g/mol.